The van der Waals surface area contributed by atoms with Crippen molar-refractivity contribution in [3.8, 4) is 0 Å². The van der Waals surface area contributed by atoms with E-state index >= 15 is 0 Å². The predicted molar refractivity (Wildman–Crippen MR) is 75.1 cm³/mol. The lowest BCUT2D eigenvalue weighted by Crippen LogP contribution is -2.44. The summed E-state index contributed by atoms with van der Waals surface area (Å²) in [5.41, 5.74) is -0.437. The zero-order valence-corrected chi connectivity index (χ0v) is 12.2. The third-order valence-corrected chi connectivity index (χ3v) is 3.00. The second-order valence-corrected chi connectivity index (χ2v) is 4.61. The first kappa shape index (κ1) is 16.6. The fourth-order valence-electron chi connectivity index (χ4n) is 2.17. The molecule has 0 aromatic carbocycles. The van der Waals surface area contributed by atoms with E-state index in [2.05, 4.69) is 6.58 Å². The van der Waals surface area contributed by atoms with Gasteiger partial charge in [0.05, 0.1) is 24.7 Å². The molecule has 0 fully saturated rings. The molecule has 2 atom stereocenters. The van der Waals surface area contributed by atoms with E-state index in [9.17, 15) is 4.79 Å². The minimum absolute atomic E-state index is 0.306. The molecule has 0 aromatic rings. The minimum atomic E-state index is -0.685. The Hall–Kier alpha value is -1.43. The predicted octanol–water partition coefficient (Wildman–Crippen LogP) is 1.85. The van der Waals surface area contributed by atoms with Gasteiger partial charge >= 0.3 is 5.97 Å². The van der Waals surface area contributed by atoms with Crippen LogP contribution >= 0.6 is 0 Å². The number of hydrogen-bond acceptors (Lipinski definition) is 5. The molecule has 0 heterocycles. The number of hydrogen-bond donors (Lipinski definition) is 0. The average molecular weight is 282 g/mol. The first-order valence-corrected chi connectivity index (χ1v) is 6.40. The number of methoxy groups -OCH3 is 2. The van der Waals surface area contributed by atoms with E-state index < -0.39 is 17.7 Å². The maximum atomic E-state index is 11.2. The maximum absolute atomic E-state index is 11.2. The highest BCUT2D eigenvalue weighted by molar-refractivity contribution is 5.81. The van der Waals surface area contributed by atoms with E-state index in [0.29, 0.717) is 13.2 Å². The van der Waals surface area contributed by atoms with E-state index in [1.807, 2.05) is 24.3 Å². The molecular formula is C15H22O5. The number of carbonyl (C=O) groups is 1. The summed E-state index contributed by atoms with van der Waals surface area (Å²) in [7, 11) is 3.25. The van der Waals surface area contributed by atoms with Crippen molar-refractivity contribution in [1.29, 1.82) is 0 Å². The van der Waals surface area contributed by atoms with E-state index in [4.69, 9.17) is 18.9 Å². The van der Waals surface area contributed by atoms with Crippen LogP contribution in [0.25, 0.3) is 0 Å². The van der Waals surface area contributed by atoms with Crippen molar-refractivity contribution in [2.75, 3.05) is 27.4 Å². The Kier molecular flexibility index (Phi) is 6.64. The third-order valence-electron chi connectivity index (χ3n) is 3.00. The Morgan fingerprint density at radius 2 is 2.00 bits per heavy atom. The van der Waals surface area contributed by atoms with Crippen LogP contribution in [-0.4, -0.2) is 45.8 Å². The third kappa shape index (κ3) is 4.30. The molecule has 1 aliphatic carbocycles. The highest BCUT2D eigenvalue weighted by Crippen LogP contribution is 2.32. The fraction of sp³-hybridized carbons (Fsp3) is 0.533. The number of carbonyl (C=O) groups excluding carboxylic acids is 1. The molecule has 0 N–H and O–H groups in total. The lowest BCUT2D eigenvalue weighted by molar-refractivity contribution is -0.189. The largest absolute Gasteiger partial charge is 0.433 e. The van der Waals surface area contributed by atoms with E-state index in [1.165, 1.54) is 0 Å². The topological polar surface area (TPSA) is 54.0 Å². The number of rotatable bonds is 8. The van der Waals surface area contributed by atoms with Crippen LogP contribution in [0.15, 0.2) is 37.0 Å². The van der Waals surface area contributed by atoms with Crippen LogP contribution in [0.2, 0.25) is 0 Å². The molecule has 0 aliphatic heterocycles. The first-order chi connectivity index (χ1) is 9.57. The Bertz CT molecular complexity index is 380. The molecule has 5 heteroatoms. The van der Waals surface area contributed by atoms with Crippen LogP contribution in [-0.2, 0) is 23.7 Å². The van der Waals surface area contributed by atoms with Crippen LogP contribution < -0.4 is 0 Å². The molecule has 20 heavy (non-hydrogen) atoms. The maximum Gasteiger partial charge on any atom is 0.332 e. The second kappa shape index (κ2) is 7.99. The van der Waals surface area contributed by atoms with Gasteiger partial charge in [-0.05, 0) is 6.92 Å². The SMILES string of the molecule is C=CC(=O)OC(C)OC1C=CC=CC1(COC)COC. The lowest BCUT2D eigenvalue weighted by atomic mass is 9.80. The summed E-state index contributed by atoms with van der Waals surface area (Å²) in [6.45, 7) is 5.90. The Morgan fingerprint density at radius 1 is 1.35 bits per heavy atom. The summed E-state index contributed by atoms with van der Waals surface area (Å²) in [6.07, 6.45) is 7.82. The summed E-state index contributed by atoms with van der Waals surface area (Å²) < 4.78 is 21.4. The smallest absolute Gasteiger partial charge is 0.332 e. The number of ether oxygens (including phenoxy) is 4. The summed E-state index contributed by atoms with van der Waals surface area (Å²) in [6, 6.07) is 0. The summed E-state index contributed by atoms with van der Waals surface area (Å²) in [4.78, 5) is 11.2. The van der Waals surface area contributed by atoms with E-state index in [1.54, 1.807) is 21.1 Å². The number of esters is 1. The van der Waals surface area contributed by atoms with E-state index in [-0.39, 0.29) is 6.10 Å². The van der Waals surface area contributed by atoms with Gasteiger partial charge in [0.15, 0.2) is 0 Å². The van der Waals surface area contributed by atoms with Gasteiger partial charge in [0.2, 0.25) is 6.29 Å². The summed E-state index contributed by atoms with van der Waals surface area (Å²) in [5.74, 6) is -0.517. The Balaban J connectivity index is 2.77. The number of allylic oxidation sites excluding steroid dienone is 2. The van der Waals surface area contributed by atoms with Gasteiger partial charge < -0.3 is 18.9 Å². The van der Waals surface area contributed by atoms with Gasteiger partial charge in [-0.1, -0.05) is 30.9 Å². The standard InChI is InChI=1S/C15H22O5/c1-5-14(16)20-12(2)19-13-8-6-7-9-15(13,10-17-3)11-18-4/h5-9,12-13H,1,10-11H2,2-4H3. The monoisotopic (exact) mass is 282 g/mol. The normalized spacial score (nSPS) is 21.4. The van der Waals surface area contributed by atoms with Crippen molar-refractivity contribution in [2.45, 2.75) is 19.3 Å². The fourth-order valence-corrected chi connectivity index (χ4v) is 2.17. The summed E-state index contributed by atoms with van der Waals surface area (Å²) in [5, 5.41) is 0. The molecule has 2 unspecified atom stereocenters. The van der Waals surface area contributed by atoms with Gasteiger partial charge in [-0.25, -0.2) is 4.79 Å². The van der Waals surface area contributed by atoms with Gasteiger partial charge in [-0.2, -0.15) is 0 Å². The molecule has 0 radical (unpaired) electrons. The zero-order valence-electron chi connectivity index (χ0n) is 12.2. The average Bonchev–Trinajstić information content (AvgIpc) is 2.42. The van der Waals surface area contributed by atoms with Crippen molar-refractivity contribution >= 4 is 5.97 Å². The van der Waals surface area contributed by atoms with Crippen molar-refractivity contribution in [3.05, 3.63) is 37.0 Å². The molecule has 1 aliphatic rings. The molecule has 0 aromatic heterocycles. The van der Waals surface area contributed by atoms with Crippen molar-refractivity contribution in [3.63, 3.8) is 0 Å². The summed E-state index contributed by atoms with van der Waals surface area (Å²) >= 11 is 0. The van der Waals surface area contributed by atoms with Gasteiger partial charge in [-0.15, -0.1) is 0 Å². The van der Waals surface area contributed by atoms with Crippen molar-refractivity contribution in [2.24, 2.45) is 5.41 Å². The molecule has 0 amide bonds. The van der Waals surface area contributed by atoms with Crippen LogP contribution in [0.5, 0.6) is 0 Å². The molecule has 112 valence electrons. The molecule has 0 spiro atoms. The van der Waals surface area contributed by atoms with Crippen LogP contribution in [0.3, 0.4) is 0 Å². The zero-order chi connectivity index (χ0) is 15.0. The van der Waals surface area contributed by atoms with Gasteiger partial charge in [-0.3, -0.25) is 0 Å². The first-order valence-electron chi connectivity index (χ1n) is 6.40. The van der Waals surface area contributed by atoms with Crippen LogP contribution in [0.4, 0.5) is 0 Å². The minimum Gasteiger partial charge on any atom is -0.433 e. The second-order valence-electron chi connectivity index (χ2n) is 4.61. The highest BCUT2D eigenvalue weighted by atomic mass is 16.7. The van der Waals surface area contributed by atoms with Crippen LogP contribution in [0, 0.1) is 5.41 Å². The molecule has 5 nitrogen and oxygen atoms in total. The molecule has 0 saturated carbocycles. The van der Waals surface area contributed by atoms with Crippen molar-refractivity contribution in [1.82, 2.24) is 0 Å². The van der Waals surface area contributed by atoms with Gasteiger partial charge in [0, 0.05) is 20.3 Å². The lowest BCUT2D eigenvalue weighted by Gasteiger charge is -2.38. The molecule has 0 saturated heterocycles. The van der Waals surface area contributed by atoms with Crippen LogP contribution in [0.1, 0.15) is 6.92 Å². The quantitative estimate of drug-likeness (QED) is 0.386. The van der Waals surface area contributed by atoms with Crippen molar-refractivity contribution < 1.29 is 23.7 Å². The van der Waals surface area contributed by atoms with Gasteiger partial charge in [0.1, 0.15) is 0 Å². The molecular weight excluding hydrogens is 260 g/mol. The molecule has 0 bridgehead atoms. The van der Waals surface area contributed by atoms with Gasteiger partial charge in [0.25, 0.3) is 0 Å². The highest BCUT2D eigenvalue weighted by Gasteiger charge is 2.39. The molecule has 1 rings (SSSR count). The Labute approximate surface area is 119 Å². The Morgan fingerprint density at radius 3 is 2.55 bits per heavy atom. The van der Waals surface area contributed by atoms with E-state index in [0.717, 1.165) is 6.08 Å².